The van der Waals surface area contributed by atoms with Gasteiger partial charge >= 0.3 is 0 Å². The molecule has 0 bridgehead atoms. The smallest absolute Gasteiger partial charge is 0.205 e. The lowest BCUT2D eigenvalue weighted by molar-refractivity contribution is 0.123. The molecular weight excluding hydrogens is 248 g/mol. The maximum Gasteiger partial charge on any atom is 0.205 e. The van der Waals surface area contributed by atoms with E-state index < -0.39 is 0 Å². The molecule has 1 aromatic heterocycles. The van der Waals surface area contributed by atoms with E-state index in [-0.39, 0.29) is 6.10 Å². The third kappa shape index (κ3) is 2.37. The Labute approximate surface area is 111 Å². The highest BCUT2D eigenvalue weighted by Gasteiger charge is 2.41. The van der Waals surface area contributed by atoms with Gasteiger partial charge in [0.1, 0.15) is 5.01 Å². The first-order chi connectivity index (χ1) is 8.76. The van der Waals surface area contributed by atoms with Crippen molar-refractivity contribution in [2.45, 2.75) is 32.4 Å². The van der Waals surface area contributed by atoms with Gasteiger partial charge in [0.25, 0.3) is 0 Å². The summed E-state index contributed by atoms with van der Waals surface area (Å²) in [6.45, 7) is 5.95. The quantitative estimate of drug-likeness (QED) is 0.858. The van der Waals surface area contributed by atoms with Crippen LogP contribution in [0.25, 0.3) is 0 Å². The van der Waals surface area contributed by atoms with Crippen LogP contribution in [-0.4, -0.2) is 45.9 Å². The second-order valence-electron chi connectivity index (χ2n) is 5.29. The number of aliphatic hydroxyl groups excluding tert-OH is 1. The van der Waals surface area contributed by atoms with Crippen LogP contribution < -0.4 is 5.32 Å². The lowest BCUT2D eigenvalue weighted by atomic mass is 10.00. The summed E-state index contributed by atoms with van der Waals surface area (Å²) in [5.74, 6) is 1.19. The number of rotatable bonds is 4. The molecule has 5 nitrogen and oxygen atoms in total. The summed E-state index contributed by atoms with van der Waals surface area (Å²) in [5, 5.41) is 23.4. The van der Waals surface area contributed by atoms with Crippen molar-refractivity contribution >= 4 is 16.5 Å². The predicted octanol–water partition coefficient (Wildman–Crippen LogP) is 1.17. The molecule has 0 radical (unpaired) electrons. The number of aliphatic hydroxyl groups is 1. The predicted molar refractivity (Wildman–Crippen MR) is 71.6 cm³/mol. The van der Waals surface area contributed by atoms with Gasteiger partial charge in [-0.3, -0.25) is 4.90 Å². The van der Waals surface area contributed by atoms with Gasteiger partial charge in [-0.25, -0.2) is 0 Å². The first kappa shape index (κ1) is 12.3. The highest BCUT2D eigenvalue weighted by molar-refractivity contribution is 7.15. The van der Waals surface area contributed by atoms with Crippen LogP contribution in [0.3, 0.4) is 0 Å². The normalized spacial score (nSPS) is 31.8. The van der Waals surface area contributed by atoms with Gasteiger partial charge in [0.2, 0.25) is 5.13 Å². The molecule has 2 aliphatic rings. The standard InChI is InChI=1S/C12H20N4OS/c1-2-13-12-15-14-11(18-12)7-16-5-8-3-4-10(17)9(8)6-16/h8-10,17H,2-7H2,1H3,(H,13,15). The summed E-state index contributed by atoms with van der Waals surface area (Å²) in [6, 6.07) is 0. The number of hydrogen-bond donors (Lipinski definition) is 2. The van der Waals surface area contributed by atoms with E-state index in [9.17, 15) is 5.11 Å². The molecule has 3 atom stereocenters. The molecule has 0 amide bonds. The summed E-state index contributed by atoms with van der Waals surface area (Å²) in [7, 11) is 0. The lowest BCUT2D eigenvalue weighted by Crippen LogP contribution is -2.24. The third-order valence-corrected chi connectivity index (χ3v) is 4.91. The molecule has 1 saturated heterocycles. The van der Waals surface area contributed by atoms with E-state index in [4.69, 9.17) is 0 Å². The van der Waals surface area contributed by atoms with Crippen molar-refractivity contribution in [3.05, 3.63) is 5.01 Å². The second kappa shape index (κ2) is 5.11. The van der Waals surface area contributed by atoms with Crippen LogP contribution in [0.1, 0.15) is 24.8 Å². The summed E-state index contributed by atoms with van der Waals surface area (Å²) >= 11 is 1.64. The summed E-state index contributed by atoms with van der Waals surface area (Å²) in [6.07, 6.45) is 2.10. The van der Waals surface area contributed by atoms with Crippen LogP contribution in [0.5, 0.6) is 0 Å². The van der Waals surface area contributed by atoms with E-state index in [1.807, 2.05) is 0 Å². The van der Waals surface area contributed by atoms with E-state index in [2.05, 4.69) is 27.3 Å². The molecular formula is C12H20N4OS. The van der Waals surface area contributed by atoms with Gasteiger partial charge in [0, 0.05) is 25.6 Å². The zero-order chi connectivity index (χ0) is 12.5. The van der Waals surface area contributed by atoms with Crippen LogP contribution in [0.4, 0.5) is 5.13 Å². The van der Waals surface area contributed by atoms with Crippen molar-refractivity contribution in [2.24, 2.45) is 11.8 Å². The topological polar surface area (TPSA) is 61.3 Å². The summed E-state index contributed by atoms with van der Waals surface area (Å²) in [4.78, 5) is 2.41. The van der Waals surface area contributed by atoms with Crippen molar-refractivity contribution in [2.75, 3.05) is 25.0 Å². The van der Waals surface area contributed by atoms with Crippen LogP contribution in [0, 0.1) is 11.8 Å². The van der Waals surface area contributed by atoms with Crippen molar-refractivity contribution in [3.8, 4) is 0 Å². The highest BCUT2D eigenvalue weighted by Crippen LogP contribution is 2.38. The Bertz CT molecular complexity index is 411. The molecule has 0 aromatic carbocycles. The van der Waals surface area contributed by atoms with E-state index in [1.54, 1.807) is 11.3 Å². The van der Waals surface area contributed by atoms with Gasteiger partial charge in [-0.05, 0) is 25.7 Å². The zero-order valence-corrected chi connectivity index (χ0v) is 11.5. The Kier molecular flexibility index (Phi) is 3.50. The van der Waals surface area contributed by atoms with E-state index in [0.29, 0.717) is 11.8 Å². The van der Waals surface area contributed by atoms with Crippen molar-refractivity contribution in [1.82, 2.24) is 15.1 Å². The lowest BCUT2D eigenvalue weighted by Gasteiger charge is -2.15. The molecule has 1 aliphatic carbocycles. The molecule has 3 unspecified atom stereocenters. The Morgan fingerprint density at radius 3 is 3.06 bits per heavy atom. The van der Waals surface area contributed by atoms with Gasteiger partial charge in [0.05, 0.1) is 12.6 Å². The van der Waals surface area contributed by atoms with Crippen LogP contribution >= 0.6 is 11.3 Å². The minimum absolute atomic E-state index is 0.0771. The van der Waals surface area contributed by atoms with E-state index in [0.717, 1.165) is 42.7 Å². The monoisotopic (exact) mass is 268 g/mol. The molecule has 0 spiro atoms. The molecule has 1 aliphatic heterocycles. The fourth-order valence-electron chi connectivity index (χ4n) is 3.19. The maximum atomic E-state index is 9.90. The largest absolute Gasteiger partial charge is 0.393 e. The maximum absolute atomic E-state index is 9.90. The minimum Gasteiger partial charge on any atom is -0.393 e. The summed E-state index contributed by atoms with van der Waals surface area (Å²) < 4.78 is 0. The fraction of sp³-hybridized carbons (Fsp3) is 0.833. The van der Waals surface area contributed by atoms with Gasteiger partial charge in [0.15, 0.2) is 0 Å². The molecule has 18 heavy (non-hydrogen) atoms. The summed E-state index contributed by atoms with van der Waals surface area (Å²) in [5.41, 5.74) is 0. The highest BCUT2D eigenvalue weighted by atomic mass is 32.1. The van der Waals surface area contributed by atoms with Crippen molar-refractivity contribution < 1.29 is 5.11 Å². The minimum atomic E-state index is -0.0771. The van der Waals surface area contributed by atoms with Crippen LogP contribution in [-0.2, 0) is 6.54 Å². The van der Waals surface area contributed by atoms with Gasteiger partial charge in [-0.1, -0.05) is 11.3 Å². The van der Waals surface area contributed by atoms with E-state index in [1.165, 1.54) is 6.42 Å². The number of nitrogens with one attached hydrogen (secondary N) is 1. The Morgan fingerprint density at radius 1 is 1.39 bits per heavy atom. The fourth-order valence-corrected chi connectivity index (χ4v) is 4.04. The van der Waals surface area contributed by atoms with Crippen LogP contribution in [0.2, 0.25) is 0 Å². The zero-order valence-electron chi connectivity index (χ0n) is 10.7. The van der Waals surface area contributed by atoms with Gasteiger partial charge < -0.3 is 10.4 Å². The average Bonchev–Trinajstić information content (AvgIpc) is 3.00. The molecule has 1 aromatic rings. The number of fused-ring (bicyclic) bond motifs is 1. The number of likely N-dealkylation sites (tertiary alicyclic amines) is 1. The SMILES string of the molecule is CCNc1nnc(CN2CC3CCC(O)C3C2)s1. The van der Waals surface area contributed by atoms with Crippen LogP contribution in [0.15, 0.2) is 0 Å². The molecule has 2 fully saturated rings. The Morgan fingerprint density at radius 2 is 2.28 bits per heavy atom. The second-order valence-corrected chi connectivity index (χ2v) is 6.36. The van der Waals surface area contributed by atoms with Gasteiger partial charge in [-0.15, -0.1) is 10.2 Å². The first-order valence-corrected chi connectivity index (χ1v) is 7.54. The Hall–Kier alpha value is -0.720. The molecule has 100 valence electrons. The Balaban J connectivity index is 1.57. The molecule has 2 N–H and O–H groups in total. The van der Waals surface area contributed by atoms with Crippen molar-refractivity contribution in [1.29, 1.82) is 0 Å². The van der Waals surface area contributed by atoms with Gasteiger partial charge in [-0.2, -0.15) is 0 Å². The molecule has 2 heterocycles. The first-order valence-electron chi connectivity index (χ1n) is 6.73. The third-order valence-electron chi connectivity index (χ3n) is 4.05. The number of aromatic nitrogens is 2. The number of hydrogen-bond acceptors (Lipinski definition) is 6. The molecule has 6 heteroatoms. The van der Waals surface area contributed by atoms with Crippen molar-refractivity contribution in [3.63, 3.8) is 0 Å². The van der Waals surface area contributed by atoms with E-state index >= 15 is 0 Å². The average molecular weight is 268 g/mol. The molecule has 3 rings (SSSR count). The molecule has 1 saturated carbocycles. The number of nitrogens with zero attached hydrogens (tertiary/aromatic N) is 3. The number of anilines is 1.